The van der Waals surface area contributed by atoms with Crippen molar-refractivity contribution >= 4 is 28.3 Å². The topological polar surface area (TPSA) is 110 Å². The highest BCUT2D eigenvalue weighted by atomic mass is 16.5. The van der Waals surface area contributed by atoms with Crippen LogP contribution >= 0.6 is 0 Å². The van der Waals surface area contributed by atoms with E-state index in [4.69, 9.17) is 15.9 Å². The van der Waals surface area contributed by atoms with Crippen molar-refractivity contribution in [3.8, 4) is 5.88 Å². The van der Waals surface area contributed by atoms with Gasteiger partial charge in [0.2, 0.25) is 5.88 Å². The summed E-state index contributed by atoms with van der Waals surface area (Å²) in [4.78, 5) is 12.9. The minimum atomic E-state index is 0.282. The molecule has 144 valence electrons. The second-order valence-corrected chi connectivity index (χ2v) is 7.51. The Labute approximate surface area is 163 Å². The number of aromatic nitrogens is 3. The van der Waals surface area contributed by atoms with Crippen molar-refractivity contribution in [1.82, 2.24) is 15.0 Å². The van der Waals surface area contributed by atoms with Gasteiger partial charge >= 0.3 is 0 Å². The Morgan fingerprint density at radius 2 is 2.07 bits per heavy atom. The normalized spacial score (nSPS) is 13.7. The molecule has 0 amide bonds. The molecule has 0 saturated heterocycles. The van der Waals surface area contributed by atoms with Gasteiger partial charge in [0, 0.05) is 23.6 Å². The fraction of sp³-hybridized carbons (Fsp3) is 0.333. The molecule has 4 rings (SSSR count). The van der Waals surface area contributed by atoms with Crippen molar-refractivity contribution in [2.24, 2.45) is 5.92 Å². The van der Waals surface area contributed by atoms with Crippen LogP contribution in [0.25, 0.3) is 10.9 Å². The predicted molar refractivity (Wildman–Crippen MR) is 111 cm³/mol. The van der Waals surface area contributed by atoms with Crippen molar-refractivity contribution in [3.63, 3.8) is 0 Å². The fourth-order valence-corrected chi connectivity index (χ4v) is 2.91. The maximum Gasteiger partial charge on any atom is 0.214 e. The second kappa shape index (κ2) is 7.42. The van der Waals surface area contributed by atoms with Gasteiger partial charge in [-0.3, -0.25) is 5.41 Å². The van der Waals surface area contributed by atoms with Gasteiger partial charge in [-0.2, -0.15) is 0 Å². The monoisotopic (exact) mass is 376 g/mol. The van der Waals surface area contributed by atoms with Gasteiger partial charge in [0.15, 0.2) is 0 Å². The van der Waals surface area contributed by atoms with E-state index in [1.807, 2.05) is 30.3 Å². The summed E-state index contributed by atoms with van der Waals surface area (Å²) in [6, 6.07) is 9.56. The van der Waals surface area contributed by atoms with Gasteiger partial charge in [-0.25, -0.2) is 15.0 Å². The fourth-order valence-electron chi connectivity index (χ4n) is 2.91. The number of ether oxygens (including phenoxy) is 1. The summed E-state index contributed by atoms with van der Waals surface area (Å²) < 4.78 is 5.76. The lowest BCUT2D eigenvalue weighted by Gasteiger charge is -2.15. The van der Waals surface area contributed by atoms with E-state index in [0.717, 1.165) is 35.9 Å². The first kappa shape index (κ1) is 18.2. The largest absolute Gasteiger partial charge is 0.474 e. The third-order valence-corrected chi connectivity index (χ3v) is 4.57. The molecule has 1 saturated carbocycles. The van der Waals surface area contributed by atoms with Gasteiger partial charge in [-0.1, -0.05) is 19.9 Å². The van der Waals surface area contributed by atoms with Crippen LogP contribution < -0.4 is 15.8 Å². The Morgan fingerprint density at radius 3 is 2.82 bits per heavy atom. The smallest absolute Gasteiger partial charge is 0.214 e. The summed E-state index contributed by atoms with van der Waals surface area (Å²) in [6.07, 6.45) is 3.93. The molecule has 0 bridgehead atoms. The number of rotatable bonds is 7. The number of anilines is 2. The molecule has 7 heteroatoms. The van der Waals surface area contributed by atoms with E-state index < -0.39 is 0 Å². The number of nitrogens with one attached hydrogen (secondary N) is 2. The highest BCUT2D eigenvalue weighted by Crippen LogP contribution is 2.28. The van der Waals surface area contributed by atoms with Crippen LogP contribution in [-0.2, 0) is 0 Å². The van der Waals surface area contributed by atoms with Crippen LogP contribution in [0.5, 0.6) is 5.88 Å². The van der Waals surface area contributed by atoms with Crippen LogP contribution in [0, 0.1) is 11.3 Å². The lowest BCUT2D eigenvalue weighted by molar-refractivity contribution is 0.292. The average molecular weight is 376 g/mol. The van der Waals surface area contributed by atoms with Crippen LogP contribution in [0.3, 0.4) is 0 Å². The number of benzene rings is 1. The van der Waals surface area contributed by atoms with Gasteiger partial charge in [0.25, 0.3) is 0 Å². The number of fused-ring (bicyclic) bond motifs is 1. The minimum Gasteiger partial charge on any atom is -0.474 e. The molecule has 0 atom stereocenters. The highest BCUT2D eigenvalue weighted by molar-refractivity contribution is 6.17. The average Bonchev–Trinajstić information content (AvgIpc) is 3.49. The van der Waals surface area contributed by atoms with Crippen LogP contribution in [0.1, 0.15) is 37.8 Å². The summed E-state index contributed by atoms with van der Waals surface area (Å²) in [7, 11) is 0. The predicted octanol–water partition coefficient (Wildman–Crippen LogP) is 3.63. The zero-order valence-electron chi connectivity index (χ0n) is 16.1. The Balaban J connectivity index is 1.65. The van der Waals surface area contributed by atoms with Crippen LogP contribution in [0.4, 0.5) is 11.6 Å². The summed E-state index contributed by atoms with van der Waals surface area (Å²) in [5, 5.41) is 12.9. The molecule has 0 aliphatic heterocycles. The quantitative estimate of drug-likeness (QED) is 0.543. The van der Waals surface area contributed by atoms with E-state index in [1.54, 1.807) is 0 Å². The molecular weight excluding hydrogens is 352 g/mol. The van der Waals surface area contributed by atoms with Crippen LogP contribution in [0.2, 0.25) is 0 Å². The molecule has 3 aromatic rings. The zero-order chi connectivity index (χ0) is 19.7. The maximum atomic E-state index is 8.71. The molecule has 1 fully saturated rings. The lowest BCUT2D eigenvalue weighted by atomic mass is 10.0. The number of hydrogen-bond donors (Lipinski definition) is 3. The highest BCUT2D eigenvalue weighted by Gasteiger charge is 2.24. The van der Waals surface area contributed by atoms with Gasteiger partial charge in [0.05, 0.1) is 16.8 Å². The van der Waals surface area contributed by atoms with Gasteiger partial charge in [-0.05, 0) is 37.0 Å². The van der Waals surface area contributed by atoms with Crippen molar-refractivity contribution in [1.29, 1.82) is 5.41 Å². The molecule has 7 nitrogen and oxygen atoms in total. The first-order valence-corrected chi connectivity index (χ1v) is 9.52. The molecule has 28 heavy (non-hydrogen) atoms. The van der Waals surface area contributed by atoms with E-state index in [1.165, 1.54) is 6.33 Å². The maximum absolute atomic E-state index is 8.71. The number of nitrogen functional groups attached to an aromatic ring is 1. The van der Waals surface area contributed by atoms with E-state index in [0.29, 0.717) is 29.3 Å². The number of hydrogen-bond acceptors (Lipinski definition) is 7. The van der Waals surface area contributed by atoms with Crippen molar-refractivity contribution in [3.05, 3.63) is 47.8 Å². The molecule has 4 N–H and O–H groups in total. The van der Waals surface area contributed by atoms with Crippen molar-refractivity contribution in [2.45, 2.75) is 32.8 Å². The molecule has 2 aromatic heterocycles. The van der Waals surface area contributed by atoms with Crippen LogP contribution in [-0.4, -0.2) is 33.3 Å². The minimum absolute atomic E-state index is 0.282. The Bertz CT molecular complexity index is 1030. The van der Waals surface area contributed by atoms with Gasteiger partial charge in [0.1, 0.15) is 24.1 Å². The Morgan fingerprint density at radius 1 is 1.25 bits per heavy atom. The van der Waals surface area contributed by atoms with Crippen molar-refractivity contribution < 1.29 is 4.74 Å². The number of nitrogens with two attached hydrogens (primary N) is 1. The third-order valence-electron chi connectivity index (χ3n) is 4.57. The molecule has 0 radical (unpaired) electrons. The second-order valence-electron chi connectivity index (χ2n) is 7.51. The molecular formula is C21H24N6O. The Kier molecular flexibility index (Phi) is 4.81. The molecule has 0 spiro atoms. The number of pyridine rings is 1. The summed E-state index contributed by atoms with van der Waals surface area (Å²) in [6.45, 7) is 4.96. The molecule has 1 aromatic carbocycles. The first-order chi connectivity index (χ1) is 13.5. The van der Waals surface area contributed by atoms with Crippen LogP contribution in [0.15, 0.2) is 36.7 Å². The molecule has 0 unspecified atom stereocenters. The lowest BCUT2D eigenvalue weighted by Crippen LogP contribution is -2.16. The standard InChI is InChI=1S/C21H24N6O/c1-12(2)10-24-21-18(20(23)25-11-26-21)19(22)14-3-7-16-13(9-14)4-8-17(27-16)28-15-5-6-15/h3-4,7-9,11-12,15,22H,5-6,10H2,1-2H3,(H3,23,24,25,26). The molecule has 2 heterocycles. The van der Waals surface area contributed by atoms with Gasteiger partial charge < -0.3 is 15.8 Å². The van der Waals surface area contributed by atoms with Crippen molar-refractivity contribution in [2.75, 3.05) is 17.6 Å². The van der Waals surface area contributed by atoms with Gasteiger partial charge in [-0.15, -0.1) is 0 Å². The molecule has 1 aliphatic rings. The van der Waals surface area contributed by atoms with E-state index >= 15 is 0 Å². The number of nitrogens with zero attached hydrogens (tertiary/aromatic N) is 3. The summed E-state index contributed by atoms with van der Waals surface area (Å²) >= 11 is 0. The summed E-state index contributed by atoms with van der Waals surface area (Å²) in [5.41, 5.74) is 8.46. The summed E-state index contributed by atoms with van der Waals surface area (Å²) in [5.74, 6) is 1.96. The molecule has 1 aliphatic carbocycles. The SMILES string of the molecule is CC(C)CNc1ncnc(N)c1C(=N)c1ccc2nc(OC3CC3)ccc2c1. The first-order valence-electron chi connectivity index (χ1n) is 9.52. The Hall–Kier alpha value is -3.22. The third kappa shape index (κ3) is 3.88. The van der Waals surface area contributed by atoms with E-state index in [9.17, 15) is 0 Å². The zero-order valence-corrected chi connectivity index (χ0v) is 16.1. The van der Waals surface area contributed by atoms with E-state index in [-0.39, 0.29) is 11.5 Å². The van der Waals surface area contributed by atoms with E-state index in [2.05, 4.69) is 34.1 Å².